The van der Waals surface area contributed by atoms with E-state index >= 15 is 0 Å². The molecule has 128 valence electrons. The highest BCUT2D eigenvalue weighted by Gasteiger charge is 2.21. The third kappa shape index (κ3) is 4.35. The molecule has 1 heterocycles. The zero-order valence-corrected chi connectivity index (χ0v) is 13.9. The van der Waals surface area contributed by atoms with Crippen LogP contribution in [-0.4, -0.2) is 42.6 Å². The summed E-state index contributed by atoms with van der Waals surface area (Å²) in [4.78, 5) is 12.3. The van der Waals surface area contributed by atoms with E-state index in [4.69, 9.17) is 9.47 Å². The Balaban J connectivity index is 1.52. The molecule has 1 aliphatic carbocycles. The molecule has 1 aromatic heterocycles. The number of nitrogens with zero attached hydrogens (tertiary/aromatic N) is 2. The van der Waals surface area contributed by atoms with Crippen LogP contribution in [0.15, 0.2) is 36.5 Å². The first-order chi connectivity index (χ1) is 11.8. The fourth-order valence-corrected chi connectivity index (χ4v) is 2.37. The predicted molar refractivity (Wildman–Crippen MR) is 90.6 cm³/mol. The normalized spacial score (nSPS) is 13.7. The van der Waals surface area contributed by atoms with Crippen molar-refractivity contribution in [2.24, 2.45) is 5.92 Å². The summed E-state index contributed by atoms with van der Waals surface area (Å²) in [6.45, 7) is 2.08. The summed E-state index contributed by atoms with van der Waals surface area (Å²) in [5.74, 6) is 0.996. The number of methoxy groups -OCH3 is 1. The molecule has 1 amide bonds. The molecule has 6 heteroatoms. The Morgan fingerprint density at radius 3 is 2.83 bits per heavy atom. The molecule has 1 aromatic carbocycles. The summed E-state index contributed by atoms with van der Waals surface area (Å²) >= 11 is 0. The second kappa shape index (κ2) is 7.97. The average Bonchev–Trinajstić information content (AvgIpc) is 3.34. The van der Waals surface area contributed by atoms with E-state index in [1.54, 1.807) is 10.9 Å². The van der Waals surface area contributed by atoms with E-state index in [0.717, 1.165) is 24.6 Å². The lowest BCUT2D eigenvalue weighted by Crippen LogP contribution is -2.26. The van der Waals surface area contributed by atoms with Gasteiger partial charge in [-0.15, -0.1) is 0 Å². The minimum Gasteiger partial charge on any atom is -0.493 e. The zero-order chi connectivity index (χ0) is 16.8. The Kier molecular flexibility index (Phi) is 5.48. The van der Waals surface area contributed by atoms with Gasteiger partial charge in [-0.2, -0.15) is 5.10 Å². The van der Waals surface area contributed by atoms with E-state index < -0.39 is 0 Å². The first-order valence-electron chi connectivity index (χ1n) is 8.33. The van der Waals surface area contributed by atoms with Crippen molar-refractivity contribution in [3.63, 3.8) is 0 Å². The topological polar surface area (TPSA) is 65.4 Å². The summed E-state index contributed by atoms with van der Waals surface area (Å²) in [7, 11) is 1.54. The summed E-state index contributed by atoms with van der Waals surface area (Å²) in [6, 6.07) is 9.62. The van der Waals surface area contributed by atoms with Gasteiger partial charge in [-0.1, -0.05) is 18.2 Å². The van der Waals surface area contributed by atoms with E-state index in [-0.39, 0.29) is 5.91 Å². The van der Waals surface area contributed by atoms with Crippen molar-refractivity contribution in [1.82, 2.24) is 15.1 Å². The van der Waals surface area contributed by atoms with Crippen LogP contribution in [0.25, 0.3) is 5.69 Å². The molecule has 0 aliphatic heterocycles. The quantitative estimate of drug-likeness (QED) is 0.718. The number of hydrogen-bond donors (Lipinski definition) is 1. The number of aromatic nitrogens is 2. The lowest BCUT2D eigenvalue weighted by molar-refractivity contribution is 0.0929. The Bertz CT molecular complexity index is 665. The first-order valence-corrected chi connectivity index (χ1v) is 8.33. The molecule has 2 aromatic rings. The standard InChI is InChI=1S/C18H23N3O3/c1-23-16-12-21(15-6-3-2-4-7-15)20-17(16)18(22)19-10-5-11-24-13-14-8-9-14/h2-4,6-7,12,14H,5,8-11,13H2,1H3,(H,19,22). The molecular formula is C18H23N3O3. The van der Waals surface area contributed by atoms with Crippen LogP contribution in [0, 0.1) is 5.92 Å². The maximum absolute atomic E-state index is 12.3. The smallest absolute Gasteiger partial charge is 0.275 e. The van der Waals surface area contributed by atoms with E-state index in [9.17, 15) is 4.79 Å². The molecule has 1 saturated carbocycles. The highest BCUT2D eigenvalue weighted by Crippen LogP contribution is 2.28. The van der Waals surface area contributed by atoms with Crippen molar-refractivity contribution < 1.29 is 14.3 Å². The van der Waals surface area contributed by atoms with E-state index in [1.807, 2.05) is 30.3 Å². The number of para-hydroxylation sites is 1. The minimum absolute atomic E-state index is 0.233. The van der Waals surface area contributed by atoms with Crippen LogP contribution in [-0.2, 0) is 4.74 Å². The molecule has 1 N–H and O–H groups in total. The number of carbonyl (C=O) groups is 1. The summed E-state index contributed by atoms with van der Waals surface area (Å²) in [6.07, 6.45) is 5.09. The third-order valence-electron chi connectivity index (χ3n) is 3.94. The van der Waals surface area contributed by atoms with Crippen molar-refractivity contribution in [2.75, 3.05) is 26.9 Å². The Morgan fingerprint density at radius 1 is 1.33 bits per heavy atom. The molecule has 1 aliphatic rings. The molecule has 24 heavy (non-hydrogen) atoms. The number of carbonyl (C=O) groups excluding carboxylic acids is 1. The van der Waals surface area contributed by atoms with Gasteiger partial charge in [-0.25, -0.2) is 4.68 Å². The molecule has 0 bridgehead atoms. The zero-order valence-electron chi connectivity index (χ0n) is 13.9. The van der Waals surface area contributed by atoms with Crippen LogP contribution in [0.4, 0.5) is 0 Å². The Labute approximate surface area is 141 Å². The fourth-order valence-electron chi connectivity index (χ4n) is 2.37. The number of nitrogens with one attached hydrogen (secondary N) is 1. The molecule has 0 saturated heterocycles. The summed E-state index contributed by atoms with van der Waals surface area (Å²) in [5, 5.41) is 7.21. The maximum atomic E-state index is 12.3. The minimum atomic E-state index is -0.233. The van der Waals surface area contributed by atoms with E-state index in [1.165, 1.54) is 20.0 Å². The second-order valence-corrected chi connectivity index (χ2v) is 5.95. The van der Waals surface area contributed by atoms with Crippen LogP contribution in [0.1, 0.15) is 29.8 Å². The maximum Gasteiger partial charge on any atom is 0.275 e. The second-order valence-electron chi connectivity index (χ2n) is 5.95. The van der Waals surface area contributed by atoms with Crippen molar-refractivity contribution in [2.45, 2.75) is 19.3 Å². The Morgan fingerprint density at radius 2 is 2.12 bits per heavy atom. The molecule has 1 fully saturated rings. The summed E-state index contributed by atoms with van der Waals surface area (Å²) < 4.78 is 12.5. The number of ether oxygens (including phenoxy) is 2. The number of amides is 1. The highest BCUT2D eigenvalue weighted by molar-refractivity contribution is 5.94. The number of rotatable bonds is 9. The van der Waals surface area contributed by atoms with E-state index in [0.29, 0.717) is 24.6 Å². The highest BCUT2D eigenvalue weighted by atomic mass is 16.5. The van der Waals surface area contributed by atoms with Gasteiger partial charge in [0.2, 0.25) is 0 Å². The van der Waals surface area contributed by atoms with Gasteiger partial charge in [0.1, 0.15) is 0 Å². The van der Waals surface area contributed by atoms with Crippen molar-refractivity contribution in [1.29, 1.82) is 0 Å². The molecule has 6 nitrogen and oxygen atoms in total. The first kappa shape index (κ1) is 16.5. The largest absolute Gasteiger partial charge is 0.493 e. The molecule has 0 radical (unpaired) electrons. The lowest BCUT2D eigenvalue weighted by atomic mass is 10.3. The number of benzene rings is 1. The van der Waals surface area contributed by atoms with Crippen LogP contribution in [0.3, 0.4) is 0 Å². The van der Waals surface area contributed by atoms with Crippen LogP contribution < -0.4 is 10.1 Å². The monoisotopic (exact) mass is 329 g/mol. The van der Waals surface area contributed by atoms with Gasteiger partial charge in [0.15, 0.2) is 11.4 Å². The average molecular weight is 329 g/mol. The molecule has 0 spiro atoms. The SMILES string of the molecule is COc1cn(-c2ccccc2)nc1C(=O)NCCCOCC1CC1. The van der Waals surface area contributed by atoms with Gasteiger partial charge >= 0.3 is 0 Å². The lowest BCUT2D eigenvalue weighted by Gasteiger charge is -2.05. The third-order valence-corrected chi connectivity index (χ3v) is 3.94. The Hall–Kier alpha value is -2.34. The van der Waals surface area contributed by atoms with Gasteiger partial charge in [-0.3, -0.25) is 4.79 Å². The molecule has 0 unspecified atom stereocenters. The van der Waals surface area contributed by atoms with E-state index in [2.05, 4.69) is 10.4 Å². The molecule has 0 atom stereocenters. The number of hydrogen-bond acceptors (Lipinski definition) is 4. The van der Waals surface area contributed by atoms with Gasteiger partial charge in [0.05, 0.1) is 19.0 Å². The molecule has 3 rings (SSSR count). The fraction of sp³-hybridized carbons (Fsp3) is 0.444. The van der Waals surface area contributed by atoms with Crippen LogP contribution in [0.2, 0.25) is 0 Å². The van der Waals surface area contributed by atoms with Crippen LogP contribution in [0.5, 0.6) is 5.75 Å². The van der Waals surface area contributed by atoms with Gasteiger partial charge in [0.25, 0.3) is 5.91 Å². The van der Waals surface area contributed by atoms with Crippen LogP contribution >= 0.6 is 0 Å². The predicted octanol–water partition coefficient (Wildman–Crippen LogP) is 2.43. The van der Waals surface area contributed by atoms with Gasteiger partial charge < -0.3 is 14.8 Å². The van der Waals surface area contributed by atoms with Gasteiger partial charge in [-0.05, 0) is 37.3 Å². The van der Waals surface area contributed by atoms with Crippen molar-refractivity contribution in [3.05, 3.63) is 42.2 Å². The van der Waals surface area contributed by atoms with Crippen molar-refractivity contribution >= 4 is 5.91 Å². The van der Waals surface area contributed by atoms with Gasteiger partial charge in [0, 0.05) is 19.8 Å². The molecular weight excluding hydrogens is 306 g/mol. The van der Waals surface area contributed by atoms with Crippen molar-refractivity contribution in [3.8, 4) is 11.4 Å². The summed E-state index contributed by atoms with van der Waals surface area (Å²) in [5.41, 5.74) is 1.17.